The topological polar surface area (TPSA) is 3.24 Å². The van der Waals surface area contributed by atoms with Crippen molar-refractivity contribution in [2.24, 2.45) is 23.7 Å². The number of hydrogen-bond donors (Lipinski definition) is 0. The van der Waals surface area contributed by atoms with Gasteiger partial charge >= 0.3 is 0 Å². The van der Waals surface area contributed by atoms with Gasteiger partial charge in [0.1, 0.15) is 0 Å². The molecule has 0 spiro atoms. The molecule has 35 heavy (non-hydrogen) atoms. The van der Waals surface area contributed by atoms with Gasteiger partial charge in [0.25, 0.3) is 0 Å². The van der Waals surface area contributed by atoms with E-state index in [2.05, 4.69) is 65.7 Å². The summed E-state index contributed by atoms with van der Waals surface area (Å²) in [6, 6.07) is 1.99. The van der Waals surface area contributed by atoms with E-state index in [1.54, 1.807) is 22.3 Å². The molecular formula is C34H43N. The molecule has 0 radical (unpaired) electrons. The van der Waals surface area contributed by atoms with Gasteiger partial charge in [-0.15, -0.1) is 0 Å². The molecule has 0 N–H and O–H groups in total. The van der Waals surface area contributed by atoms with Crippen molar-refractivity contribution in [3.8, 4) is 0 Å². The molecule has 0 aromatic rings. The Morgan fingerprint density at radius 2 is 1.69 bits per heavy atom. The Morgan fingerprint density at radius 3 is 2.63 bits per heavy atom. The molecule has 0 aromatic heterocycles. The van der Waals surface area contributed by atoms with Gasteiger partial charge in [-0.05, 0) is 92.8 Å². The maximum atomic E-state index is 3.04. The van der Waals surface area contributed by atoms with Gasteiger partial charge in [0.2, 0.25) is 0 Å². The molecule has 0 aromatic carbocycles. The number of hydrogen-bond acceptors (Lipinski definition) is 1. The van der Waals surface area contributed by atoms with Gasteiger partial charge in [0.15, 0.2) is 0 Å². The quantitative estimate of drug-likeness (QED) is 0.378. The summed E-state index contributed by atoms with van der Waals surface area (Å²) in [6.45, 7) is 0. The molecule has 7 aliphatic carbocycles. The molecule has 2 saturated carbocycles. The Kier molecular flexibility index (Phi) is 6.09. The van der Waals surface area contributed by atoms with Crippen LogP contribution in [0.2, 0.25) is 0 Å². The molecule has 0 bridgehead atoms. The Hall–Kier alpha value is -1.86. The third kappa shape index (κ3) is 4.12. The zero-order valence-corrected chi connectivity index (χ0v) is 21.5. The second-order valence-electron chi connectivity index (χ2n) is 12.4. The van der Waals surface area contributed by atoms with E-state index in [0.29, 0.717) is 23.9 Å². The van der Waals surface area contributed by atoms with Gasteiger partial charge in [-0.25, -0.2) is 0 Å². The normalized spacial score (nSPS) is 38.4. The summed E-state index contributed by atoms with van der Waals surface area (Å²) in [5, 5.41) is 0. The fourth-order valence-electron chi connectivity index (χ4n) is 8.84. The molecule has 0 aliphatic heterocycles. The summed E-state index contributed by atoms with van der Waals surface area (Å²) in [5.41, 5.74) is 6.82. The molecule has 0 amide bonds. The van der Waals surface area contributed by atoms with Gasteiger partial charge in [-0.1, -0.05) is 85.6 Å². The average molecular weight is 466 g/mol. The van der Waals surface area contributed by atoms with Gasteiger partial charge < -0.3 is 0 Å². The molecular weight excluding hydrogens is 422 g/mol. The summed E-state index contributed by atoms with van der Waals surface area (Å²) >= 11 is 0. The molecule has 0 saturated heterocycles. The van der Waals surface area contributed by atoms with Crippen LogP contribution in [0.15, 0.2) is 83.1 Å². The van der Waals surface area contributed by atoms with Crippen molar-refractivity contribution < 1.29 is 0 Å². The Bertz CT molecular complexity index is 1040. The lowest BCUT2D eigenvalue weighted by Gasteiger charge is -2.48. The van der Waals surface area contributed by atoms with E-state index in [-0.39, 0.29) is 0 Å². The summed E-state index contributed by atoms with van der Waals surface area (Å²) in [4.78, 5) is 3.04. The van der Waals surface area contributed by atoms with Crippen molar-refractivity contribution in [3.63, 3.8) is 0 Å². The highest BCUT2D eigenvalue weighted by Crippen LogP contribution is 2.47. The fraction of sp³-hybridized carbons (Fsp3) is 0.588. The minimum absolute atomic E-state index is 0.593. The highest BCUT2D eigenvalue weighted by Gasteiger charge is 2.40. The van der Waals surface area contributed by atoms with E-state index in [4.69, 9.17) is 0 Å². The van der Waals surface area contributed by atoms with Crippen molar-refractivity contribution in [2.75, 3.05) is 0 Å². The molecule has 6 atom stereocenters. The maximum Gasteiger partial charge on any atom is 0.0327 e. The fourth-order valence-corrected chi connectivity index (χ4v) is 8.84. The smallest absolute Gasteiger partial charge is 0.0327 e. The molecule has 1 nitrogen and oxygen atoms in total. The second-order valence-corrected chi connectivity index (χ2v) is 12.4. The van der Waals surface area contributed by atoms with Crippen LogP contribution in [0.25, 0.3) is 0 Å². The van der Waals surface area contributed by atoms with Gasteiger partial charge in [0, 0.05) is 30.0 Å². The van der Waals surface area contributed by atoms with Crippen LogP contribution >= 0.6 is 0 Å². The molecule has 2 fully saturated rings. The third-order valence-electron chi connectivity index (χ3n) is 10.5. The van der Waals surface area contributed by atoms with Crippen LogP contribution in [0.4, 0.5) is 0 Å². The third-order valence-corrected chi connectivity index (χ3v) is 10.5. The summed E-state index contributed by atoms with van der Waals surface area (Å²) in [6.07, 6.45) is 42.8. The standard InChI is InChI=1S/C34H43N/c1-2-10-28(11-3-1)35(29-18-20-33-26(22-29)16-14-24-8-4-6-12-31(24)33)30-19-21-34-27(23-30)17-15-25-9-5-7-13-32(25)34/h4,6-8,12-13,19-22,24,27-31,34H,1-3,5,9-11,14-18,23H2. The minimum Gasteiger partial charge on any atom is -0.287 e. The van der Waals surface area contributed by atoms with Crippen molar-refractivity contribution in [1.29, 1.82) is 0 Å². The zero-order chi connectivity index (χ0) is 23.2. The van der Waals surface area contributed by atoms with Crippen molar-refractivity contribution in [2.45, 2.75) is 102 Å². The van der Waals surface area contributed by atoms with Crippen LogP contribution in [-0.2, 0) is 0 Å². The molecule has 6 unspecified atom stereocenters. The van der Waals surface area contributed by atoms with E-state index in [1.165, 1.54) is 83.5 Å². The Balaban J connectivity index is 1.16. The Labute approximate surface area is 213 Å². The van der Waals surface area contributed by atoms with E-state index in [0.717, 1.165) is 17.9 Å². The number of fused-ring (bicyclic) bond motifs is 5. The lowest BCUT2D eigenvalue weighted by Crippen LogP contribution is -2.51. The first kappa shape index (κ1) is 22.3. The molecule has 7 rings (SSSR count). The highest BCUT2D eigenvalue weighted by molar-refractivity contribution is 5.45. The zero-order valence-electron chi connectivity index (χ0n) is 21.5. The minimum atomic E-state index is 0.593. The summed E-state index contributed by atoms with van der Waals surface area (Å²) in [5.74, 6) is 2.89. The predicted molar refractivity (Wildman–Crippen MR) is 147 cm³/mol. The lowest BCUT2D eigenvalue weighted by molar-refractivity contribution is 0.0735. The van der Waals surface area contributed by atoms with Crippen LogP contribution in [0.3, 0.4) is 0 Å². The van der Waals surface area contributed by atoms with Crippen molar-refractivity contribution in [3.05, 3.63) is 83.1 Å². The molecule has 7 aliphatic rings. The first-order chi connectivity index (χ1) is 17.3. The number of nitrogens with zero attached hydrogens (tertiary/aromatic N) is 1. The predicted octanol–water partition coefficient (Wildman–Crippen LogP) is 8.40. The average Bonchev–Trinajstić information content (AvgIpc) is 2.93. The van der Waals surface area contributed by atoms with Crippen LogP contribution in [-0.4, -0.2) is 23.0 Å². The first-order valence-corrected chi connectivity index (χ1v) is 15.0. The number of allylic oxidation sites excluding steroid dienone is 11. The van der Waals surface area contributed by atoms with Crippen molar-refractivity contribution in [1.82, 2.24) is 4.90 Å². The van der Waals surface area contributed by atoms with Crippen molar-refractivity contribution >= 4 is 0 Å². The van der Waals surface area contributed by atoms with Gasteiger partial charge in [-0.3, -0.25) is 4.90 Å². The highest BCUT2D eigenvalue weighted by atomic mass is 15.2. The van der Waals surface area contributed by atoms with E-state index in [9.17, 15) is 0 Å². The lowest BCUT2D eigenvalue weighted by atomic mass is 9.67. The maximum absolute atomic E-state index is 3.04. The molecule has 184 valence electrons. The largest absolute Gasteiger partial charge is 0.287 e. The van der Waals surface area contributed by atoms with Gasteiger partial charge in [-0.2, -0.15) is 0 Å². The monoisotopic (exact) mass is 465 g/mol. The first-order valence-electron chi connectivity index (χ1n) is 15.0. The van der Waals surface area contributed by atoms with Gasteiger partial charge in [0.05, 0.1) is 0 Å². The van der Waals surface area contributed by atoms with Crippen LogP contribution in [0.5, 0.6) is 0 Å². The van der Waals surface area contributed by atoms with E-state index < -0.39 is 0 Å². The Morgan fingerprint density at radius 1 is 0.771 bits per heavy atom. The summed E-state index contributed by atoms with van der Waals surface area (Å²) in [7, 11) is 0. The van der Waals surface area contributed by atoms with E-state index >= 15 is 0 Å². The van der Waals surface area contributed by atoms with Crippen LogP contribution < -0.4 is 0 Å². The molecule has 1 heteroatoms. The number of rotatable bonds is 3. The van der Waals surface area contributed by atoms with Crippen LogP contribution in [0.1, 0.15) is 83.5 Å². The SMILES string of the molecule is C1=CC2CCC3=CC(N(C4C=CC5C6=C(CCC=C6)CCC5C4)C4CCCCC4)CC=C3C2C=C1. The van der Waals surface area contributed by atoms with Crippen LogP contribution in [0, 0.1) is 23.7 Å². The van der Waals surface area contributed by atoms with E-state index in [1.807, 2.05) is 0 Å². The second kappa shape index (κ2) is 9.55. The molecule has 0 heterocycles. The summed E-state index contributed by atoms with van der Waals surface area (Å²) < 4.78 is 0.